The number of nitrogens with one attached hydrogen (secondary N) is 2. The first kappa shape index (κ1) is 47.5. The van der Waals surface area contributed by atoms with Crippen LogP contribution in [0.3, 0.4) is 0 Å². The molecule has 1 aliphatic carbocycles. The molecule has 2 aliphatic heterocycles. The van der Waals surface area contributed by atoms with Gasteiger partial charge in [-0.3, -0.25) is 4.79 Å². The van der Waals surface area contributed by atoms with Crippen molar-refractivity contribution in [2.24, 2.45) is 0 Å². The van der Waals surface area contributed by atoms with Crippen LogP contribution < -0.4 is 10.6 Å². The predicted octanol–water partition coefficient (Wildman–Crippen LogP) is 11.4. The minimum Gasteiger partial charge on any atom is -0.481 e. The van der Waals surface area contributed by atoms with E-state index >= 15 is 0 Å². The van der Waals surface area contributed by atoms with Crippen LogP contribution in [0.25, 0.3) is 5.57 Å². The number of carbonyl (C=O) groups excluding carboxylic acids is 1. The van der Waals surface area contributed by atoms with Crippen molar-refractivity contribution in [2.45, 2.75) is 81.5 Å². The van der Waals surface area contributed by atoms with Crippen LogP contribution in [0.5, 0.6) is 0 Å². The molecule has 8 rings (SSSR count). The van der Waals surface area contributed by atoms with E-state index < -0.39 is 5.97 Å². The zero-order valence-corrected chi connectivity index (χ0v) is 38.8. The second kappa shape index (κ2) is 23.6. The Morgan fingerprint density at radius 3 is 2.24 bits per heavy atom. The van der Waals surface area contributed by atoms with Gasteiger partial charge in [0.25, 0.3) is 0 Å². The van der Waals surface area contributed by atoms with Crippen molar-refractivity contribution in [1.29, 1.82) is 0 Å². The molecule has 0 radical (unpaired) electrons. The Bertz CT molecular complexity index is 2240. The van der Waals surface area contributed by atoms with Crippen LogP contribution in [0.2, 0.25) is 20.1 Å². The Kier molecular flexibility index (Phi) is 18.1. The lowest BCUT2D eigenvalue weighted by Crippen LogP contribution is -2.36. The van der Waals surface area contributed by atoms with E-state index in [0.717, 1.165) is 61.9 Å². The maximum absolute atomic E-state index is 11.1. The van der Waals surface area contributed by atoms with Crippen LogP contribution in [-0.4, -0.2) is 75.3 Å². The van der Waals surface area contributed by atoms with E-state index in [1.54, 1.807) is 36.8 Å². The average Bonchev–Trinajstić information content (AvgIpc) is 3.96. The first-order chi connectivity index (χ1) is 29.9. The topological polar surface area (TPSA) is 109 Å². The summed E-state index contributed by atoms with van der Waals surface area (Å²) in [5.74, 6) is 0.236. The van der Waals surface area contributed by atoms with Crippen molar-refractivity contribution in [3.8, 4) is 0 Å². The first-order valence-electron chi connectivity index (χ1n) is 20.8. The van der Waals surface area contributed by atoms with Gasteiger partial charge in [-0.1, -0.05) is 120 Å². The summed E-state index contributed by atoms with van der Waals surface area (Å²) in [6.07, 6.45) is 13.7. The Hall–Kier alpha value is -4.00. The number of ether oxygens (including phenoxy) is 1. The molecule has 0 bridgehead atoms. The van der Waals surface area contributed by atoms with Crippen LogP contribution >= 0.6 is 58.2 Å². The highest BCUT2D eigenvalue weighted by molar-refractivity contribution is 8.00. The summed E-state index contributed by atoms with van der Waals surface area (Å²) in [7, 11) is 4.26. The summed E-state index contributed by atoms with van der Waals surface area (Å²) in [6, 6.07) is 28.9. The molecule has 9 nitrogen and oxygen atoms in total. The fourth-order valence-corrected chi connectivity index (χ4v) is 10.3. The number of aliphatic carboxylic acids is 1. The van der Waals surface area contributed by atoms with Gasteiger partial charge in [-0.05, 0) is 104 Å². The van der Waals surface area contributed by atoms with E-state index in [2.05, 4.69) is 89.2 Å². The molecule has 3 N–H and O–H groups in total. The number of aryl methyl sites for hydroxylation is 2. The third-order valence-corrected chi connectivity index (χ3v) is 13.6. The van der Waals surface area contributed by atoms with Gasteiger partial charge in [0, 0.05) is 62.0 Å². The van der Waals surface area contributed by atoms with E-state index in [0.29, 0.717) is 38.5 Å². The van der Waals surface area contributed by atoms with Gasteiger partial charge in [0.15, 0.2) is 0 Å². The lowest BCUT2D eigenvalue weighted by atomic mass is 9.93. The van der Waals surface area contributed by atoms with Crippen LogP contribution in [0.4, 0.5) is 4.79 Å². The molecule has 0 spiro atoms. The van der Waals surface area contributed by atoms with Gasteiger partial charge in [-0.2, -0.15) is 11.8 Å². The Labute approximate surface area is 389 Å². The molecule has 4 atom stereocenters. The lowest BCUT2D eigenvalue weighted by Gasteiger charge is -2.21. The number of carboxylic acid groups (broad SMARTS) is 1. The molecule has 2 amide bonds. The number of hydrogen-bond acceptors (Lipinski definition) is 6. The number of thioether (sulfide) groups is 1. The number of unbranched alkanes of at least 4 members (excludes halogenated alkanes) is 1. The van der Waals surface area contributed by atoms with Crippen molar-refractivity contribution < 1.29 is 19.4 Å². The van der Waals surface area contributed by atoms with Crippen molar-refractivity contribution in [3.63, 3.8) is 0 Å². The van der Waals surface area contributed by atoms with Gasteiger partial charge in [0.05, 0.1) is 31.6 Å². The number of imidazole rings is 1. The summed E-state index contributed by atoms with van der Waals surface area (Å²) >= 11 is 26.4. The number of carbonyl (C=O) groups is 2. The first-order valence-corrected chi connectivity index (χ1v) is 23.4. The largest absolute Gasteiger partial charge is 0.481 e. The van der Waals surface area contributed by atoms with Crippen molar-refractivity contribution >= 4 is 75.7 Å². The minimum absolute atomic E-state index is 0.0640. The number of carboxylic acids is 1. The third kappa shape index (κ3) is 13.7. The number of aromatic nitrogens is 2. The molecule has 1 unspecified atom stereocenters. The summed E-state index contributed by atoms with van der Waals surface area (Å²) < 4.78 is 8.05. The number of benzene rings is 4. The highest BCUT2D eigenvalue weighted by Crippen LogP contribution is 2.35. The fraction of sp³-hybridized carbons (Fsp3) is 0.354. The quantitative estimate of drug-likeness (QED) is 0.0752. The second-order valence-corrected chi connectivity index (χ2v) is 18.7. The number of urea groups is 1. The average molecular weight is 938 g/mol. The zero-order valence-electron chi connectivity index (χ0n) is 34.9. The molecule has 2 saturated heterocycles. The summed E-state index contributed by atoms with van der Waals surface area (Å²) in [5.41, 5.74) is 8.91. The number of rotatable bonds is 14. The molecule has 2 fully saturated rings. The van der Waals surface area contributed by atoms with E-state index in [-0.39, 0.29) is 30.6 Å². The molecule has 328 valence electrons. The van der Waals surface area contributed by atoms with Crippen LogP contribution in [-0.2, 0) is 35.5 Å². The third-order valence-electron chi connectivity index (χ3n) is 11.0. The Balaban J connectivity index is 0.000000159. The van der Waals surface area contributed by atoms with Gasteiger partial charge in [0.1, 0.15) is 6.10 Å². The van der Waals surface area contributed by atoms with Crippen molar-refractivity contribution in [3.05, 3.63) is 163 Å². The molecule has 5 aromatic rings. The summed E-state index contributed by atoms with van der Waals surface area (Å²) in [6.45, 7) is 1.98. The smallest absolute Gasteiger partial charge is 0.315 e. The number of amides is 2. The molecule has 14 heteroatoms. The predicted molar refractivity (Wildman–Crippen MR) is 255 cm³/mol. The zero-order chi connectivity index (χ0) is 44.0. The van der Waals surface area contributed by atoms with E-state index in [1.165, 1.54) is 27.8 Å². The minimum atomic E-state index is -0.729. The van der Waals surface area contributed by atoms with Crippen molar-refractivity contribution in [1.82, 2.24) is 25.1 Å². The number of hydrogen-bond donors (Lipinski definition) is 3. The van der Waals surface area contributed by atoms with Gasteiger partial charge in [0.2, 0.25) is 0 Å². The van der Waals surface area contributed by atoms with Crippen LogP contribution in [0, 0.1) is 0 Å². The standard InChI is InChI=1S/C20H23N.C18H14Cl4N2O.C10H16N2O3S/c1-21(2)15-7-12-20-18-10-5-3-8-16(18)13-14-17-9-4-6-11-19(17)20;19-13-2-1-12(16(21)7-13)10-25-18(9-24-6-5-23-11-24)15-4-3-14(20)8-17(15)22;13-8(14)4-2-1-3-7-9-6(5-16-7)11-10(15)12-9/h3-6,8-12H,7,13-15H2,1-2H3;1-8,11,18H,9-10H2;6-7,9H,1-5H2,(H,13,14)(H2,11,12,15)/t;;6-,7-,9-/m..0/s1. The molecular formula is C48H53Cl4N5O4S. The van der Waals surface area contributed by atoms with E-state index in [4.69, 9.17) is 56.2 Å². The summed E-state index contributed by atoms with van der Waals surface area (Å²) in [5, 5.41) is 17.1. The van der Waals surface area contributed by atoms with Crippen LogP contribution in [0.15, 0.2) is 110 Å². The SMILES string of the molecule is CN(C)CCC=C1c2ccccc2CCc2ccccc21.Clc1ccc(COC(Cn2ccnc2)c2ccc(Cl)cc2Cl)c(Cl)c1.O=C(O)CCCC[C@@H]1SC[C@@H]2NC(=O)N[C@@H]21. The second-order valence-electron chi connectivity index (χ2n) is 15.7. The monoisotopic (exact) mass is 935 g/mol. The Morgan fingerprint density at radius 2 is 1.61 bits per heavy atom. The van der Waals surface area contributed by atoms with E-state index in [9.17, 15) is 9.59 Å². The lowest BCUT2D eigenvalue weighted by molar-refractivity contribution is -0.137. The van der Waals surface area contributed by atoms with Gasteiger partial charge >= 0.3 is 12.0 Å². The van der Waals surface area contributed by atoms with Gasteiger partial charge in [-0.15, -0.1) is 0 Å². The highest BCUT2D eigenvalue weighted by atomic mass is 35.5. The van der Waals surface area contributed by atoms with Gasteiger partial charge < -0.3 is 29.9 Å². The Morgan fingerprint density at radius 1 is 0.935 bits per heavy atom. The fourth-order valence-electron chi connectivity index (χ4n) is 7.79. The molecule has 4 aromatic carbocycles. The number of halogens is 4. The molecule has 1 aromatic heterocycles. The summed E-state index contributed by atoms with van der Waals surface area (Å²) in [4.78, 5) is 27.8. The maximum Gasteiger partial charge on any atom is 0.315 e. The van der Waals surface area contributed by atoms with Crippen LogP contribution in [0.1, 0.15) is 71.6 Å². The maximum atomic E-state index is 11.1. The van der Waals surface area contributed by atoms with Crippen molar-refractivity contribution in [2.75, 3.05) is 26.4 Å². The molecule has 3 heterocycles. The normalized spacial score (nSPS) is 17.8. The van der Waals surface area contributed by atoms with Gasteiger partial charge in [-0.25, -0.2) is 9.78 Å². The highest BCUT2D eigenvalue weighted by Gasteiger charge is 2.42. The van der Waals surface area contributed by atoms with E-state index in [1.807, 2.05) is 34.7 Å². The molecular weight excluding hydrogens is 884 g/mol. The molecule has 62 heavy (non-hydrogen) atoms. The number of nitrogens with zero attached hydrogens (tertiary/aromatic N) is 3. The molecule has 3 aliphatic rings. The molecule has 0 saturated carbocycles. The number of fused-ring (bicyclic) bond motifs is 3.